The molecule has 0 atom stereocenters. The first-order chi connectivity index (χ1) is 9.10. The van der Waals surface area contributed by atoms with Gasteiger partial charge in [0.05, 0.1) is 12.1 Å². The van der Waals surface area contributed by atoms with Gasteiger partial charge < -0.3 is 10.3 Å². The summed E-state index contributed by atoms with van der Waals surface area (Å²) in [5.41, 5.74) is 2.89. The highest BCUT2D eigenvalue weighted by molar-refractivity contribution is 5.93. The molecule has 0 aromatic carbocycles. The van der Waals surface area contributed by atoms with Gasteiger partial charge >= 0.3 is 0 Å². The number of anilines is 1. The number of H-pyrrole nitrogens is 1. The molecule has 0 radical (unpaired) electrons. The maximum atomic E-state index is 12.1. The molecule has 0 aliphatic rings. The molecule has 2 aromatic heterocycles. The van der Waals surface area contributed by atoms with E-state index >= 15 is 0 Å². The van der Waals surface area contributed by atoms with Crippen LogP contribution in [0.3, 0.4) is 0 Å². The van der Waals surface area contributed by atoms with E-state index in [2.05, 4.69) is 25.6 Å². The monoisotopic (exact) mass is 261 g/mol. The Morgan fingerprint density at radius 2 is 2.32 bits per heavy atom. The third-order valence-corrected chi connectivity index (χ3v) is 2.53. The van der Waals surface area contributed by atoms with Crippen molar-refractivity contribution in [3.8, 4) is 0 Å². The number of carbonyl (C=O) groups is 1. The summed E-state index contributed by atoms with van der Waals surface area (Å²) in [4.78, 5) is 21.8. The van der Waals surface area contributed by atoms with Crippen LogP contribution in [0.5, 0.6) is 0 Å². The highest BCUT2D eigenvalue weighted by Gasteiger charge is 2.14. The number of aromatic nitrogens is 4. The number of aryl methyl sites for hydroxylation is 1. The van der Waals surface area contributed by atoms with E-state index in [1.165, 1.54) is 11.1 Å². The van der Waals surface area contributed by atoms with Crippen molar-refractivity contribution in [3.05, 3.63) is 35.5 Å². The maximum Gasteiger partial charge on any atom is 0.255 e. The van der Waals surface area contributed by atoms with Gasteiger partial charge in [-0.25, -0.2) is 15.8 Å². The second-order valence-corrected chi connectivity index (χ2v) is 4.07. The fraction of sp³-hybridized carbons (Fsp3) is 0.273. The van der Waals surface area contributed by atoms with Gasteiger partial charge in [0.2, 0.25) is 0 Å². The molecule has 0 spiro atoms. The Morgan fingerprint density at radius 1 is 1.53 bits per heavy atom. The van der Waals surface area contributed by atoms with Crippen LogP contribution < -0.4 is 11.3 Å². The molecule has 0 saturated heterocycles. The van der Waals surface area contributed by atoms with Gasteiger partial charge in [0.25, 0.3) is 5.91 Å². The Morgan fingerprint density at radius 3 is 2.84 bits per heavy atom. The molecule has 8 nitrogen and oxygen atoms in total. The lowest BCUT2D eigenvalue weighted by atomic mass is 10.2. The number of nitrogens with one attached hydrogen (secondary N) is 2. The normalized spacial score (nSPS) is 10.3. The van der Waals surface area contributed by atoms with Gasteiger partial charge in [-0.1, -0.05) is 0 Å². The number of aromatic amines is 1. The molecular weight excluding hydrogens is 246 g/mol. The van der Waals surface area contributed by atoms with Gasteiger partial charge in [0, 0.05) is 13.2 Å². The van der Waals surface area contributed by atoms with Crippen molar-refractivity contribution in [2.75, 3.05) is 12.5 Å². The Labute approximate surface area is 110 Å². The molecule has 0 aliphatic carbocycles. The molecular formula is C11H15N7O. The number of carbonyl (C=O) groups excluding carboxylic acids is 1. The van der Waals surface area contributed by atoms with Gasteiger partial charge in [-0.05, 0) is 19.1 Å². The quantitative estimate of drug-likeness (QED) is 0.530. The van der Waals surface area contributed by atoms with Crippen LogP contribution >= 0.6 is 0 Å². The highest BCUT2D eigenvalue weighted by atomic mass is 16.2. The lowest BCUT2D eigenvalue weighted by molar-refractivity contribution is 0.0781. The third-order valence-electron chi connectivity index (χ3n) is 2.53. The minimum Gasteiger partial charge on any atom is -0.334 e. The summed E-state index contributed by atoms with van der Waals surface area (Å²) in [5.74, 6) is 6.85. The molecule has 19 heavy (non-hydrogen) atoms. The number of nitrogens with two attached hydrogens (primary N) is 1. The summed E-state index contributed by atoms with van der Waals surface area (Å²) in [7, 11) is 1.68. The molecule has 0 unspecified atom stereocenters. The van der Waals surface area contributed by atoms with Gasteiger partial charge in [-0.15, -0.1) is 0 Å². The number of nitrogen functional groups attached to an aromatic ring is 1. The van der Waals surface area contributed by atoms with E-state index in [1.54, 1.807) is 26.1 Å². The van der Waals surface area contributed by atoms with E-state index in [4.69, 9.17) is 5.84 Å². The zero-order chi connectivity index (χ0) is 13.8. The molecule has 2 rings (SSSR count). The van der Waals surface area contributed by atoms with Crippen LogP contribution in [0.25, 0.3) is 0 Å². The number of pyridine rings is 1. The SMILES string of the molecule is Cc1nc(CN(C)C(=O)c2ccc(NN)nc2)n[nH]1. The Kier molecular flexibility index (Phi) is 3.71. The zero-order valence-electron chi connectivity index (χ0n) is 10.7. The molecule has 0 saturated carbocycles. The molecule has 2 heterocycles. The van der Waals surface area contributed by atoms with E-state index < -0.39 is 0 Å². The second-order valence-electron chi connectivity index (χ2n) is 4.07. The van der Waals surface area contributed by atoms with Crippen LogP contribution in [0.1, 0.15) is 22.0 Å². The molecule has 100 valence electrons. The maximum absolute atomic E-state index is 12.1. The number of amides is 1. The van der Waals surface area contributed by atoms with Crippen LogP contribution in [0.2, 0.25) is 0 Å². The predicted octanol–water partition coefficient (Wildman–Crippen LogP) is 0.0659. The lowest BCUT2D eigenvalue weighted by Gasteiger charge is -2.15. The minimum absolute atomic E-state index is 0.154. The fourth-order valence-electron chi connectivity index (χ4n) is 1.57. The smallest absolute Gasteiger partial charge is 0.255 e. The van der Waals surface area contributed by atoms with Crippen molar-refractivity contribution in [2.45, 2.75) is 13.5 Å². The topological polar surface area (TPSA) is 113 Å². The molecule has 4 N–H and O–H groups in total. The summed E-state index contributed by atoms with van der Waals surface area (Å²) < 4.78 is 0. The average Bonchev–Trinajstić information content (AvgIpc) is 2.83. The van der Waals surface area contributed by atoms with E-state index in [9.17, 15) is 4.79 Å². The largest absolute Gasteiger partial charge is 0.334 e. The number of hydrogen-bond donors (Lipinski definition) is 3. The van der Waals surface area contributed by atoms with Crippen LogP contribution in [0.15, 0.2) is 18.3 Å². The van der Waals surface area contributed by atoms with Crippen molar-refractivity contribution in [1.82, 2.24) is 25.1 Å². The van der Waals surface area contributed by atoms with Gasteiger partial charge in [0.15, 0.2) is 5.82 Å². The Balaban J connectivity index is 2.05. The highest BCUT2D eigenvalue weighted by Crippen LogP contribution is 2.07. The number of hydrazine groups is 1. The first-order valence-corrected chi connectivity index (χ1v) is 5.66. The van der Waals surface area contributed by atoms with Crippen molar-refractivity contribution in [3.63, 3.8) is 0 Å². The van der Waals surface area contributed by atoms with Crippen LogP contribution in [0.4, 0.5) is 5.82 Å². The molecule has 2 aromatic rings. The molecule has 0 bridgehead atoms. The van der Waals surface area contributed by atoms with Gasteiger partial charge in [-0.3, -0.25) is 9.89 Å². The van der Waals surface area contributed by atoms with E-state index in [0.717, 1.165) is 5.82 Å². The molecule has 0 aliphatic heterocycles. The first-order valence-electron chi connectivity index (χ1n) is 5.66. The van der Waals surface area contributed by atoms with Crippen LogP contribution in [-0.2, 0) is 6.54 Å². The van der Waals surface area contributed by atoms with Crippen molar-refractivity contribution >= 4 is 11.7 Å². The number of nitrogens with zero attached hydrogens (tertiary/aromatic N) is 4. The van der Waals surface area contributed by atoms with Crippen molar-refractivity contribution in [2.24, 2.45) is 5.84 Å². The second kappa shape index (κ2) is 5.44. The number of hydrogen-bond acceptors (Lipinski definition) is 6. The van der Waals surface area contributed by atoms with Crippen molar-refractivity contribution in [1.29, 1.82) is 0 Å². The van der Waals surface area contributed by atoms with Gasteiger partial charge in [-0.2, -0.15) is 5.10 Å². The number of rotatable bonds is 4. The predicted molar refractivity (Wildman–Crippen MR) is 69.0 cm³/mol. The van der Waals surface area contributed by atoms with Gasteiger partial charge in [0.1, 0.15) is 11.6 Å². The third kappa shape index (κ3) is 3.05. The fourth-order valence-corrected chi connectivity index (χ4v) is 1.57. The first kappa shape index (κ1) is 13.0. The summed E-state index contributed by atoms with van der Waals surface area (Å²) in [5, 5.41) is 6.72. The standard InChI is InChI=1S/C11H15N7O/c1-7-14-10(17-16-7)6-18(2)11(19)8-3-4-9(15-12)13-5-8/h3-5H,6,12H2,1-2H3,(H,13,15)(H,14,16,17). The zero-order valence-corrected chi connectivity index (χ0v) is 10.7. The van der Waals surface area contributed by atoms with E-state index in [-0.39, 0.29) is 5.91 Å². The summed E-state index contributed by atoms with van der Waals surface area (Å²) >= 11 is 0. The molecule has 0 fully saturated rings. The minimum atomic E-state index is -0.154. The summed E-state index contributed by atoms with van der Waals surface area (Å²) in [6.45, 7) is 2.14. The van der Waals surface area contributed by atoms with Crippen LogP contribution in [-0.4, -0.2) is 38.0 Å². The van der Waals surface area contributed by atoms with Crippen LogP contribution in [0, 0.1) is 6.92 Å². The molecule has 1 amide bonds. The lowest BCUT2D eigenvalue weighted by Crippen LogP contribution is -2.27. The van der Waals surface area contributed by atoms with E-state index in [1.807, 2.05) is 0 Å². The summed E-state index contributed by atoms with van der Waals surface area (Å²) in [6.07, 6.45) is 1.47. The molecule has 8 heteroatoms. The van der Waals surface area contributed by atoms with E-state index in [0.29, 0.717) is 23.8 Å². The Hall–Kier alpha value is -2.48. The van der Waals surface area contributed by atoms with Crippen molar-refractivity contribution < 1.29 is 4.79 Å². The average molecular weight is 261 g/mol. The summed E-state index contributed by atoms with van der Waals surface area (Å²) in [6, 6.07) is 3.29. The Bertz CT molecular complexity index is 563.